The number of hydrogen-bond acceptors (Lipinski definition) is 3. The van der Waals surface area contributed by atoms with Gasteiger partial charge in [0.25, 0.3) is 0 Å². The number of ether oxygens (including phenoxy) is 1. The number of carbonyl (C=O) groups is 1. The molecule has 4 heteroatoms. The van der Waals surface area contributed by atoms with Gasteiger partial charge in [0, 0.05) is 0 Å². The highest BCUT2D eigenvalue weighted by Crippen LogP contribution is 2.17. The van der Waals surface area contributed by atoms with Gasteiger partial charge in [-0.25, -0.2) is 4.79 Å². The topological polar surface area (TPSA) is 58.6 Å². The molecule has 150 valence electrons. The molecule has 0 heterocycles. The zero-order valence-corrected chi connectivity index (χ0v) is 17.0. The van der Waals surface area contributed by atoms with E-state index in [0.29, 0.717) is 19.3 Å². The van der Waals surface area contributed by atoms with E-state index in [4.69, 9.17) is 4.74 Å². The van der Waals surface area contributed by atoms with Crippen LogP contribution < -0.4 is 5.32 Å². The molecule has 0 spiro atoms. The third-order valence-electron chi connectivity index (χ3n) is 4.26. The normalized spacial score (nSPS) is 13.4. The lowest BCUT2D eigenvalue weighted by atomic mass is 9.94. The van der Waals surface area contributed by atoms with Crippen molar-refractivity contribution in [3.63, 3.8) is 0 Å². The second-order valence-electron chi connectivity index (χ2n) is 8.13. The molecule has 0 aromatic heterocycles. The van der Waals surface area contributed by atoms with Crippen molar-refractivity contribution < 1.29 is 14.6 Å². The van der Waals surface area contributed by atoms with Crippen LogP contribution in [0.1, 0.15) is 38.3 Å². The minimum absolute atomic E-state index is 0.405. The van der Waals surface area contributed by atoms with Crippen molar-refractivity contribution in [3.8, 4) is 0 Å². The Hall–Kier alpha value is -2.59. The molecule has 0 aliphatic heterocycles. The lowest BCUT2D eigenvalue weighted by Gasteiger charge is -2.27. The number of alkyl carbamates (subject to hydrolysis) is 1. The summed E-state index contributed by atoms with van der Waals surface area (Å²) < 4.78 is 5.37. The highest BCUT2D eigenvalue weighted by Gasteiger charge is 2.25. The lowest BCUT2D eigenvalue weighted by molar-refractivity contribution is 0.0422. The average molecular weight is 382 g/mol. The summed E-state index contributed by atoms with van der Waals surface area (Å²) >= 11 is 0. The van der Waals surface area contributed by atoms with Gasteiger partial charge in [-0.2, -0.15) is 0 Å². The molecule has 0 aliphatic rings. The van der Waals surface area contributed by atoms with Crippen LogP contribution >= 0.6 is 0 Å². The summed E-state index contributed by atoms with van der Waals surface area (Å²) in [5, 5.41) is 13.7. The van der Waals surface area contributed by atoms with Crippen molar-refractivity contribution >= 4 is 6.09 Å². The Morgan fingerprint density at radius 3 is 2.11 bits per heavy atom. The highest BCUT2D eigenvalue weighted by atomic mass is 16.6. The van der Waals surface area contributed by atoms with Gasteiger partial charge in [0.15, 0.2) is 0 Å². The second-order valence-corrected chi connectivity index (χ2v) is 8.13. The number of nitrogens with one attached hydrogen (secondary N) is 1. The molecular weight excluding hydrogens is 350 g/mol. The maximum atomic E-state index is 12.3. The summed E-state index contributed by atoms with van der Waals surface area (Å²) in [5.41, 5.74) is 2.52. The molecule has 2 rings (SSSR count). The number of carbonyl (C=O) groups excluding carboxylic acids is 1. The van der Waals surface area contributed by atoms with Crippen LogP contribution in [0.3, 0.4) is 0 Å². The fourth-order valence-electron chi connectivity index (χ4n) is 3.00. The molecule has 4 nitrogen and oxygen atoms in total. The Morgan fingerprint density at radius 2 is 1.57 bits per heavy atom. The van der Waals surface area contributed by atoms with Gasteiger partial charge in [0.05, 0.1) is 12.1 Å². The number of aliphatic hydroxyl groups is 1. The molecule has 28 heavy (non-hydrogen) atoms. The molecule has 0 unspecified atom stereocenters. The molecule has 0 saturated carbocycles. The molecule has 1 amide bonds. The van der Waals surface area contributed by atoms with Crippen LogP contribution in [0, 0.1) is 0 Å². The Balaban J connectivity index is 2.03. The Morgan fingerprint density at radius 1 is 1.04 bits per heavy atom. The smallest absolute Gasteiger partial charge is 0.407 e. The first-order valence-electron chi connectivity index (χ1n) is 9.65. The largest absolute Gasteiger partial charge is 0.444 e. The van der Waals surface area contributed by atoms with Crippen LogP contribution in [0.4, 0.5) is 4.79 Å². The molecule has 0 fully saturated rings. The van der Waals surface area contributed by atoms with Crippen LogP contribution in [0.25, 0.3) is 0 Å². The van der Waals surface area contributed by atoms with Crippen LogP contribution in [-0.2, 0) is 17.6 Å². The third kappa shape index (κ3) is 7.97. The van der Waals surface area contributed by atoms with E-state index in [2.05, 4.69) is 11.9 Å². The number of hydrogen-bond donors (Lipinski definition) is 2. The quantitative estimate of drug-likeness (QED) is 0.653. The van der Waals surface area contributed by atoms with E-state index in [0.717, 1.165) is 16.7 Å². The maximum absolute atomic E-state index is 12.3. The van der Waals surface area contributed by atoms with Gasteiger partial charge in [-0.15, -0.1) is 0 Å². The molecule has 0 bridgehead atoms. The number of aliphatic hydroxyl groups excluding tert-OH is 1. The minimum atomic E-state index is -0.760. The lowest BCUT2D eigenvalue weighted by Crippen LogP contribution is -2.46. The first-order valence-corrected chi connectivity index (χ1v) is 9.65. The number of benzene rings is 2. The van der Waals surface area contributed by atoms with Gasteiger partial charge in [-0.05, 0) is 51.2 Å². The van der Waals surface area contributed by atoms with Gasteiger partial charge in [-0.1, -0.05) is 72.8 Å². The van der Waals surface area contributed by atoms with Crippen LogP contribution in [0.15, 0.2) is 72.8 Å². The first kappa shape index (κ1) is 21.7. The van der Waals surface area contributed by atoms with Crippen molar-refractivity contribution in [2.45, 2.75) is 57.8 Å². The van der Waals surface area contributed by atoms with Crippen molar-refractivity contribution in [3.05, 3.63) is 83.9 Å². The predicted molar refractivity (Wildman–Crippen MR) is 113 cm³/mol. The summed E-state index contributed by atoms with van der Waals surface area (Å²) in [6, 6.07) is 19.4. The van der Waals surface area contributed by atoms with Gasteiger partial charge in [0.1, 0.15) is 5.60 Å². The molecule has 2 N–H and O–H groups in total. The fourth-order valence-corrected chi connectivity index (χ4v) is 3.00. The van der Waals surface area contributed by atoms with E-state index in [9.17, 15) is 9.90 Å². The minimum Gasteiger partial charge on any atom is -0.444 e. The Labute approximate surface area is 168 Å². The number of amides is 1. The van der Waals surface area contributed by atoms with Crippen molar-refractivity contribution in [1.29, 1.82) is 0 Å². The van der Waals surface area contributed by atoms with E-state index in [1.54, 1.807) is 0 Å². The molecule has 2 aromatic carbocycles. The molecular formula is C24H31NO3. The summed E-state index contributed by atoms with van der Waals surface area (Å²) in [6.45, 7) is 9.56. The first-order chi connectivity index (χ1) is 13.2. The standard InChI is InChI=1S/C24H31NO3/c1-18(15-19-11-7-5-8-12-19)16-22(26)21(17-20-13-9-6-10-14-20)25-23(27)28-24(2,3)4/h5-14,21-22,26H,1,15-17H2,2-4H3,(H,25,27)/t21-,22+/m0/s1. The second kappa shape index (κ2) is 10.1. The Kier molecular flexibility index (Phi) is 7.82. The summed E-state index contributed by atoms with van der Waals surface area (Å²) in [6.07, 6.45) is 0.329. The van der Waals surface area contributed by atoms with E-state index < -0.39 is 23.8 Å². The summed E-state index contributed by atoms with van der Waals surface area (Å²) in [5.74, 6) is 0. The highest BCUT2D eigenvalue weighted by molar-refractivity contribution is 5.68. The fraction of sp³-hybridized carbons (Fsp3) is 0.375. The van der Waals surface area contributed by atoms with Crippen molar-refractivity contribution in [1.82, 2.24) is 5.32 Å². The summed E-state index contributed by atoms with van der Waals surface area (Å²) in [7, 11) is 0. The molecule has 2 atom stereocenters. The monoisotopic (exact) mass is 381 g/mol. The van der Waals surface area contributed by atoms with Gasteiger partial charge in [0.2, 0.25) is 0 Å². The number of rotatable bonds is 8. The van der Waals surface area contributed by atoms with Crippen molar-refractivity contribution in [2.75, 3.05) is 0 Å². The van der Waals surface area contributed by atoms with E-state index in [-0.39, 0.29) is 0 Å². The van der Waals surface area contributed by atoms with Gasteiger partial charge in [-0.3, -0.25) is 0 Å². The zero-order valence-electron chi connectivity index (χ0n) is 17.0. The van der Waals surface area contributed by atoms with Crippen molar-refractivity contribution in [2.24, 2.45) is 0 Å². The zero-order chi connectivity index (χ0) is 20.6. The molecule has 0 radical (unpaired) electrons. The van der Waals surface area contributed by atoms with Gasteiger partial charge >= 0.3 is 6.09 Å². The maximum Gasteiger partial charge on any atom is 0.407 e. The SMILES string of the molecule is C=C(Cc1ccccc1)C[C@@H](O)[C@H](Cc1ccccc1)NC(=O)OC(C)(C)C. The van der Waals surface area contributed by atoms with E-state index in [1.807, 2.05) is 81.4 Å². The molecule has 0 saturated heterocycles. The van der Waals surface area contributed by atoms with E-state index >= 15 is 0 Å². The average Bonchev–Trinajstić information content (AvgIpc) is 2.61. The van der Waals surface area contributed by atoms with Crippen LogP contribution in [0.2, 0.25) is 0 Å². The molecule has 0 aliphatic carbocycles. The third-order valence-corrected chi connectivity index (χ3v) is 4.26. The van der Waals surface area contributed by atoms with Crippen LogP contribution in [-0.4, -0.2) is 28.9 Å². The van der Waals surface area contributed by atoms with Crippen LogP contribution in [0.5, 0.6) is 0 Å². The predicted octanol–water partition coefficient (Wildman–Crippen LogP) is 4.67. The van der Waals surface area contributed by atoms with Gasteiger partial charge < -0.3 is 15.2 Å². The summed E-state index contributed by atoms with van der Waals surface area (Å²) in [4.78, 5) is 12.3. The molecule has 2 aromatic rings. The Bertz CT molecular complexity index is 750. The van der Waals surface area contributed by atoms with E-state index in [1.165, 1.54) is 0 Å².